The molecule has 1 aromatic carbocycles. The van der Waals surface area contributed by atoms with E-state index >= 15 is 0 Å². The fourth-order valence-corrected chi connectivity index (χ4v) is 6.55. The summed E-state index contributed by atoms with van der Waals surface area (Å²) in [7, 11) is 0. The number of imide groups is 1. The number of hydrogen-bond donors (Lipinski definition) is 0. The van der Waals surface area contributed by atoms with Crippen molar-refractivity contribution in [2.45, 2.75) is 29.9 Å². The van der Waals surface area contributed by atoms with E-state index in [4.69, 9.17) is 4.74 Å². The van der Waals surface area contributed by atoms with Gasteiger partial charge in [0.2, 0.25) is 11.8 Å². The van der Waals surface area contributed by atoms with E-state index in [1.54, 1.807) is 24.3 Å². The number of alkyl halides is 2. The molecule has 6 atom stereocenters. The van der Waals surface area contributed by atoms with Gasteiger partial charge in [0.05, 0.1) is 29.7 Å². The van der Waals surface area contributed by atoms with Crippen LogP contribution in [0.3, 0.4) is 0 Å². The van der Waals surface area contributed by atoms with Crippen LogP contribution in [0.4, 0.5) is 5.69 Å². The highest BCUT2D eigenvalue weighted by molar-refractivity contribution is 9.12. The molecule has 0 radical (unpaired) electrons. The maximum absolute atomic E-state index is 13.0. The van der Waals surface area contributed by atoms with Crippen molar-refractivity contribution < 1.29 is 19.1 Å². The fourth-order valence-electron chi connectivity index (χ4n) is 4.68. The Morgan fingerprint density at radius 1 is 1.07 bits per heavy atom. The van der Waals surface area contributed by atoms with Crippen LogP contribution in [0.15, 0.2) is 24.3 Å². The number of amides is 2. The van der Waals surface area contributed by atoms with Gasteiger partial charge in [-0.05, 0) is 48.4 Å². The number of benzene rings is 1. The summed E-state index contributed by atoms with van der Waals surface area (Å²) in [4.78, 5) is 39.8. The SMILES string of the molecule is CC(C)COC(=O)c1ccc(N2C(=O)[C@@H]3[C@@H]4C[C@@H]([C@H](Br)[C@@H]4Br)[C@@H]3C2=O)cc1. The lowest BCUT2D eigenvalue weighted by atomic mass is 9.81. The number of esters is 1. The van der Waals surface area contributed by atoms with Crippen LogP contribution in [0.25, 0.3) is 0 Å². The zero-order valence-corrected chi connectivity index (χ0v) is 18.3. The Labute approximate surface area is 175 Å². The zero-order chi connectivity index (χ0) is 19.5. The Hall–Kier alpha value is -1.21. The van der Waals surface area contributed by atoms with E-state index in [2.05, 4.69) is 31.9 Å². The monoisotopic (exact) mass is 497 g/mol. The van der Waals surface area contributed by atoms with E-state index in [0.29, 0.717) is 17.9 Å². The van der Waals surface area contributed by atoms with Gasteiger partial charge in [-0.3, -0.25) is 14.5 Å². The first kappa shape index (κ1) is 19.1. The third kappa shape index (κ3) is 2.97. The molecule has 0 N–H and O–H groups in total. The second-order valence-electron chi connectivity index (χ2n) is 8.05. The number of carbonyl (C=O) groups excluding carboxylic acids is 3. The quantitative estimate of drug-likeness (QED) is 0.360. The summed E-state index contributed by atoms with van der Waals surface area (Å²) in [5.41, 5.74) is 0.941. The van der Waals surface area contributed by atoms with E-state index in [0.717, 1.165) is 6.42 Å². The second-order valence-corrected chi connectivity index (χ2v) is 10.2. The number of rotatable bonds is 4. The van der Waals surface area contributed by atoms with Crippen LogP contribution in [0.2, 0.25) is 0 Å². The molecule has 0 spiro atoms. The van der Waals surface area contributed by atoms with Crippen LogP contribution in [-0.4, -0.2) is 34.0 Å². The molecule has 27 heavy (non-hydrogen) atoms. The fraction of sp³-hybridized carbons (Fsp3) is 0.550. The molecule has 0 aromatic heterocycles. The molecule has 144 valence electrons. The normalized spacial score (nSPS) is 34.5. The maximum Gasteiger partial charge on any atom is 0.338 e. The van der Waals surface area contributed by atoms with Crippen LogP contribution in [0.5, 0.6) is 0 Å². The summed E-state index contributed by atoms with van der Waals surface area (Å²) in [6, 6.07) is 6.54. The first-order chi connectivity index (χ1) is 12.8. The van der Waals surface area contributed by atoms with Crippen molar-refractivity contribution in [3.63, 3.8) is 0 Å². The number of anilines is 1. The minimum atomic E-state index is -0.395. The summed E-state index contributed by atoms with van der Waals surface area (Å²) < 4.78 is 5.22. The van der Waals surface area contributed by atoms with Crippen molar-refractivity contribution in [1.29, 1.82) is 0 Å². The van der Waals surface area contributed by atoms with Crippen molar-refractivity contribution in [3.8, 4) is 0 Å². The van der Waals surface area contributed by atoms with Crippen LogP contribution >= 0.6 is 31.9 Å². The van der Waals surface area contributed by atoms with Crippen LogP contribution in [0, 0.1) is 29.6 Å². The third-order valence-corrected chi connectivity index (χ3v) is 9.10. The molecule has 1 aromatic rings. The van der Waals surface area contributed by atoms with E-state index < -0.39 is 5.97 Å². The predicted octanol–water partition coefficient (Wildman–Crippen LogP) is 3.78. The molecule has 3 fully saturated rings. The molecule has 3 aliphatic rings. The zero-order valence-electron chi connectivity index (χ0n) is 15.1. The first-order valence-electron chi connectivity index (χ1n) is 9.24. The first-order valence-corrected chi connectivity index (χ1v) is 11.1. The Bertz CT molecular complexity index is 762. The van der Waals surface area contributed by atoms with Gasteiger partial charge in [-0.1, -0.05) is 45.7 Å². The van der Waals surface area contributed by atoms with Crippen molar-refractivity contribution in [2.24, 2.45) is 29.6 Å². The highest BCUT2D eigenvalue weighted by atomic mass is 79.9. The maximum atomic E-state index is 13.0. The number of ether oxygens (including phenoxy) is 1. The molecule has 5 nitrogen and oxygen atoms in total. The standard InChI is InChI=1S/C20H21Br2NO4/c1-9(2)8-27-20(26)10-3-5-11(6-4-10)23-18(24)14-12-7-13(15(14)19(23)25)17(22)16(12)21/h3-6,9,12-17H,7-8H2,1-2H3/t12-,13+,14+,15-,16+,17-. The average molecular weight is 499 g/mol. The van der Waals surface area contributed by atoms with E-state index in [-0.39, 0.29) is 51.1 Å². The largest absolute Gasteiger partial charge is 0.462 e. The highest BCUT2D eigenvalue weighted by Gasteiger charge is 2.66. The minimum absolute atomic E-state index is 0.114. The summed E-state index contributed by atoms with van der Waals surface area (Å²) in [5, 5.41) is 0. The van der Waals surface area contributed by atoms with E-state index in [1.807, 2.05) is 13.8 Å². The Morgan fingerprint density at radius 3 is 2.07 bits per heavy atom. The van der Waals surface area contributed by atoms with Crippen LogP contribution in [-0.2, 0) is 14.3 Å². The number of carbonyl (C=O) groups is 3. The second kappa shape index (κ2) is 6.99. The van der Waals surface area contributed by atoms with E-state index in [9.17, 15) is 14.4 Å². The summed E-state index contributed by atoms with van der Waals surface area (Å²) in [6.07, 6.45) is 0.910. The van der Waals surface area contributed by atoms with Gasteiger partial charge in [-0.15, -0.1) is 0 Å². The highest BCUT2D eigenvalue weighted by Crippen LogP contribution is 2.60. The van der Waals surface area contributed by atoms with Gasteiger partial charge in [0, 0.05) is 9.65 Å². The summed E-state index contributed by atoms with van der Waals surface area (Å²) in [5.74, 6) is -0.458. The lowest BCUT2D eigenvalue weighted by Gasteiger charge is -2.28. The van der Waals surface area contributed by atoms with Gasteiger partial charge < -0.3 is 4.74 Å². The molecule has 1 saturated heterocycles. The molecular weight excluding hydrogens is 478 g/mol. The number of hydrogen-bond acceptors (Lipinski definition) is 4. The van der Waals surface area contributed by atoms with Gasteiger partial charge >= 0.3 is 5.97 Å². The summed E-state index contributed by atoms with van der Waals surface area (Å²) in [6.45, 7) is 4.30. The average Bonchev–Trinajstić information content (AvgIpc) is 3.25. The van der Waals surface area contributed by atoms with Crippen LogP contribution in [0.1, 0.15) is 30.6 Å². The van der Waals surface area contributed by atoms with Crippen molar-refractivity contribution in [2.75, 3.05) is 11.5 Å². The molecular formula is C20H21Br2NO4. The number of fused-ring (bicyclic) bond motifs is 5. The lowest BCUT2D eigenvalue weighted by molar-refractivity contribution is -0.123. The van der Waals surface area contributed by atoms with Gasteiger partial charge in [0.25, 0.3) is 0 Å². The Kier molecular flexibility index (Phi) is 4.95. The molecule has 1 heterocycles. The Morgan fingerprint density at radius 2 is 1.59 bits per heavy atom. The predicted molar refractivity (Wildman–Crippen MR) is 108 cm³/mol. The number of nitrogens with zero attached hydrogens (tertiary/aromatic N) is 1. The molecule has 1 aliphatic heterocycles. The molecule has 2 aliphatic carbocycles. The number of halogens is 2. The van der Waals surface area contributed by atoms with Gasteiger partial charge in [-0.2, -0.15) is 0 Å². The van der Waals surface area contributed by atoms with Crippen LogP contribution < -0.4 is 4.90 Å². The molecule has 2 saturated carbocycles. The lowest BCUT2D eigenvalue weighted by Crippen LogP contribution is -2.37. The van der Waals surface area contributed by atoms with Crippen molar-refractivity contribution in [1.82, 2.24) is 0 Å². The summed E-state index contributed by atoms with van der Waals surface area (Å²) >= 11 is 7.38. The smallest absolute Gasteiger partial charge is 0.338 e. The van der Waals surface area contributed by atoms with Gasteiger partial charge in [0.1, 0.15) is 0 Å². The van der Waals surface area contributed by atoms with Gasteiger partial charge in [0.15, 0.2) is 0 Å². The molecule has 2 amide bonds. The van der Waals surface area contributed by atoms with Crippen molar-refractivity contribution in [3.05, 3.63) is 29.8 Å². The molecule has 4 rings (SSSR count). The minimum Gasteiger partial charge on any atom is -0.462 e. The molecule has 0 unspecified atom stereocenters. The molecule has 2 bridgehead atoms. The molecule has 7 heteroatoms. The third-order valence-electron chi connectivity index (χ3n) is 5.90. The van der Waals surface area contributed by atoms with Gasteiger partial charge in [-0.25, -0.2) is 4.79 Å². The topological polar surface area (TPSA) is 63.7 Å². The van der Waals surface area contributed by atoms with Crippen molar-refractivity contribution >= 4 is 55.3 Å². The van der Waals surface area contributed by atoms with E-state index in [1.165, 1.54) is 4.90 Å². The Balaban J connectivity index is 1.54.